The highest BCUT2D eigenvalue weighted by atomic mass is 16.6. The molecule has 178 valence electrons. The van der Waals surface area contributed by atoms with Crippen molar-refractivity contribution < 1.29 is 28.7 Å². The fourth-order valence-corrected chi connectivity index (χ4v) is 3.42. The maximum atomic E-state index is 13.3. The zero-order valence-corrected chi connectivity index (χ0v) is 18.9. The third kappa shape index (κ3) is 7.19. The predicted octanol–water partition coefficient (Wildman–Crippen LogP) is 1.50. The number of rotatable bonds is 9. The standard InChI is InChI=1S/C25H27N3O6/c1-18(29)27-21(16-19-8-4-2-5-9-19)25(32)28-13-12-26-24(31)22(28)17-23(30)34-15-14-33-20-10-6-3-7-11-20/h2-11,16,22H,12-15,17H2,1H3,(H,26,31)(H,27,29)/b21-16-/t22-/m1/s1. The lowest BCUT2D eigenvalue weighted by atomic mass is 10.1. The van der Waals surface area contributed by atoms with E-state index >= 15 is 0 Å². The molecule has 34 heavy (non-hydrogen) atoms. The quantitative estimate of drug-likeness (QED) is 0.330. The fraction of sp³-hybridized carbons (Fsp3) is 0.280. The van der Waals surface area contributed by atoms with Crippen molar-refractivity contribution in [2.75, 3.05) is 26.3 Å². The highest BCUT2D eigenvalue weighted by Crippen LogP contribution is 2.15. The molecule has 3 rings (SSSR count). The Bertz CT molecular complexity index is 1040. The average Bonchev–Trinajstić information content (AvgIpc) is 2.83. The molecule has 3 amide bonds. The minimum atomic E-state index is -1.06. The average molecular weight is 466 g/mol. The summed E-state index contributed by atoms with van der Waals surface area (Å²) in [5.74, 6) is -1.42. The monoisotopic (exact) mass is 465 g/mol. The van der Waals surface area contributed by atoms with E-state index in [1.165, 1.54) is 17.9 Å². The Kier molecular flexibility index (Phi) is 8.79. The molecule has 2 N–H and O–H groups in total. The Morgan fingerprint density at radius 2 is 1.74 bits per heavy atom. The maximum Gasteiger partial charge on any atom is 0.308 e. The van der Waals surface area contributed by atoms with Gasteiger partial charge in [0.25, 0.3) is 5.91 Å². The molecule has 0 radical (unpaired) electrons. The van der Waals surface area contributed by atoms with Gasteiger partial charge in [0.2, 0.25) is 11.8 Å². The molecule has 1 atom stereocenters. The van der Waals surface area contributed by atoms with Crippen molar-refractivity contribution in [3.8, 4) is 5.75 Å². The third-order valence-corrected chi connectivity index (χ3v) is 4.96. The molecule has 2 aromatic rings. The van der Waals surface area contributed by atoms with Crippen LogP contribution in [0.15, 0.2) is 66.4 Å². The smallest absolute Gasteiger partial charge is 0.308 e. The number of amides is 3. The number of hydrogen-bond acceptors (Lipinski definition) is 6. The maximum absolute atomic E-state index is 13.3. The van der Waals surface area contributed by atoms with Crippen LogP contribution in [0, 0.1) is 0 Å². The SMILES string of the molecule is CC(=O)N/C(=C\c1ccccc1)C(=O)N1CCNC(=O)[C@H]1CC(=O)OCCOc1ccccc1. The molecule has 1 heterocycles. The molecular formula is C25H27N3O6. The van der Waals surface area contributed by atoms with Crippen LogP contribution >= 0.6 is 0 Å². The highest BCUT2D eigenvalue weighted by Gasteiger charge is 2.36. The molecule has 2 aromatic carbocycles. The number of esters is 1. The van der Waals surface area contributed by atoms with Crippen molar-refractivity contribution in [1.82, 2.24) is 15.5 Å². The van der Waals surface area contributed by atoms with Crippen molar-refractivity contribution in [2.45, 2.75) is 19.4 Å². The molecule has 0 bridgehead atoms. The van der Waals surface area contributed by atoms with Crippen LogP contribution in [-0.2, 0) is 23.9 Å². The van der Waals surface area contributed by atoms with Crippen LogP contribution in [0.4, 0.5) is 0 Å². The van der Waals surface area contributed by atoms with Crippen LogP contribution in [0.3, 0.4) is 0 Å². The molecule has 1 saturated heterocycles. The number of ether oxygens (including phenoxy) is 2. The van der Waals surface area contributed by atoms with Gasteiger partial charge in [0.1, 0.15) is 30.7 Å². The number of nitrogens with zero attached hydrogens (tertiary/aromatic N) is 1. The zero-order chi connectivity index (χ0) is 24.3. The van der Waals surface area contributed by atoms with Gasteiger partial charge < -0.3 is 25.0 Å². The number of piperazine rings is 1. The second-order valence-corrected chi connectivity index (χ2v) is 7.54. The van der Waals surface area contributed by atoms with Crippen molar-refractivity contribution >= 4 is 29.8 Å². The lowest BCUT2D eigenvalue weighted by molar-refractivity contribution is -0.151. The summed E-state index contributed by atoms with van der Waals surface area (Å²) in [5, 5.41) is 5.21. The predicted molar refractivity (Wildman–Crippen MR) is 124 cm³/mol. The van der Waals surface area contributed by atoms with Crippen molar-refractivity contribution in [1.29, 1.82) is 0 Å². The number of carbonyl (C=O) groups excluding carboxylic acids is 4. The summed E-state index contributed by atoms with van der Waals surface area (Å²) in [4.78, 5) is 51.2. The van der Waals surface area contributed by atoms with Gasteiger partial charge in [0.05, 0.1) is 6.42 Å². The third-order valence-electron chi connectivity index (χ3n) is 4.96. The van der Waals surface area contributed by atoms with E-state index in [0.29, 0.717) is 11.3 Å². The van der Waals surface area contributed by atoms with Crippen LogP contribution in [0.5, 0.6) is 5.75 Å². The molecule has 9 nitrogen and oxygen atoms in total. The number of carbonyl (C=O) groups is 4. The van der Waals surface area contributed by atoms with E-state index < -0.39 is 29.7 Å². The highest BCUT2D eigenvalue weighted by molar-refractivity contribution is 6.03. The first-order chi connectivity index (χ1) is 16.4. The summed E-state index contributed by atoms with van der Waals surface area (Å²) >= 11 is 0. The van der Waals surface area contributed by atoms with Crippen LogP contribution in [0.25, 0.3) is 6.08 Å². The van der Waals surface area contributed by atoms with Crippen molar-refractivity contribution in [2.24, 2.45) is 0 Å². The molecule has 0 saturated carbocycles. The summed E-state index contributed by atoms with van der Waals surface area (Å²) in [6.45, 7) is 1.87. The van der Waals surface area contributed by atoms with E-state index in [-0.39, 0.29) is 38.4 Å². The molecular weight excluding hydrogens is 438 g/mol. The zero-order valence-electron chi connectivity index (χ0n) is 18.9. The van der Waals surface area contributed by atoms with Gasteiger partial charge in [-0.15, -0.1) is 0 Å². The topological polar surface area (TPSA) is 114 Å². The van der Waals surface area contributed by atoms with Gasteiger partial charge in [-0.25, -0.2) is 0 Å². The lowest BCUT2D eigenvalue weighted by Crippen LogP contribution is -2.58. The van der Waals surface area contributed by atoms with E-state index in [1.54, 1.807) is 36.4 Å². The fourth-order valence-electron chi connectivity index (χ4n) is 3.42. The van der Waals surface area contributed by atoms with Crippen LogP contribution in [-0.4, -0.2) is 60.9 Å². The molecule has 0 aromatic heterocycles. The van der Waals surface area contributed by atoms with E-state index in [2.05, 4.69) is 10.6 Å². The minimum Gasteiger partial charge on any atom is -0.490 e. The largest absolute Gasteiger partial charge is 0.490 e. The first-order valence-corrected chi connectivity index (χ1v) is 10.9. The molecule has 0 aliphatic carbocycles. The minimum absolute atomic E-state index is 0.00106. The normalized spacial score (nSPS) is 15.8. The summed E-state index contributed by atoms with van der Waals surface area (Å²) in [6, 6.07) is 17.0. The molecule has 9 heteroatoms. The van der Waals surface area contributed by atoms with Crippen molar-refractivity contribution in [3.63, 3.8) is 0 Å². The van der Waals surface area contributed by atoms with E-state index in [1.807, 2.05) is 24.3 Å². The van der Waals surface area contributed by atoms with E-state index in [0.717, 1.165) is 0 Å². The Hall–Kier alpha value is -4.14. The Balaban J connectivity index is 1.64. The Morgan fingerprint density at radius 3 is 2.41 bits per heavy atom. The van der Waals surface area contributed by atoms with Crippen LogP contribution in [0.1, 0.15) is 18.9 Å². The summed E-state index contributed by atoms with van der Waals surface area (Å²) in [5.41, 5.74) is 0.721. The molecule has 0 spiro atoms. The Morgan fingerprint density at radius 1 is 1.06 bits per heavy atom. The number of hydrogen-bond donors (Lipinski definition) is 2. The van der Waals surface area contributed by atoms with E-state index in [4.69, 9.17) is 9.47 Å². The first kappa shape index (κ1) is 24.5. The number of para-hydroxylation sites is 1. The summed E-state index contributed by atoms with van der Waals surface area (Å²) in [7, 11) is 0. The second kappa shape index (κ2) is 12.2. The van der Waals surface area contributed by atoms with Crippen molar-refractivity contribution in [3.05, 3.63) is 71.9 Å². The van der Waals surface area contributed by atoms with E-state index in [9.17, 15) is 19.2 Å². The van der Waals surface area contributed by atoms with Gasteiger partial charge in [-0.1, -0.05) is 48.5 Å². The molecule has 1 aliphatic rings. The summed E-state index contributed by atoms with van der Waals surface area (Å²) < 4.78 is 10.7. The van der Waals surface area contributed by atoms with Gasteiger partial charge in [-0.2, -0.15) is 0 Å². The first-order valence-electron chi connectivity index (χ1n) is 10.9. The van der Waals surface area contributed by atoms with Crippen LogP contribution in [0.2, 0.25) is 0 Å². The van der Waals surface area contributed by atoms with Crippen LogP contribution < -0.4 is 15.4 Å². The molecule has 1 fully saturated rings. The summed E-state index contributed by atoms with van der Waals surface area (Å²) in [6.07, 6.45) is 1.22. The molecule has 1 aliphatic heterocycles. The van der Waals surface area contributed by atoms with Gasteiger partial charge in [0, 0.05) is 20.0 Å². The number of benzene rings is 2. The van der Waals surface area contributed by atoms with Gasteiger partial charge >= 0.3 is 5.97 Å². The van der Waals surface area contributed by atoms with Gasteiger partial charge in [-0.05, 0) is 23.8 Å². The lowest BCUT2D eigenvalue weighted by Gasteiger charge is -2.35. The number of nitrogens with one attached hydrogen (secondary N) is 2. The Labute approximate surface area is 197 Å². The molecule has 0 unspecified atom stereocenters. The second-order valence-electron chi connectivity index (χ2n) is 7.54. The van der Waals surface area contributed by atoms with Gasteiger partial charge in [-0.3, -0.25) is 19.2 Å². The van der Waals surface area contributed by atoms with Gasteiger partial charge in [0.15, 0.2) is 0 Å².